The maximum Gasteiger partial charge on any atom is 0.305 e. The van der Waals surface area contributed by atoms with Crippen molar-refractivity contribution in [3.05, 3.63) is 102 Å². The molecular weight excluding hydrogens is 632 g/mol. The number of carbonyl (C=O) groups is 3. The molecule has 1 unspecified atom stereocenters. The number of unbranched alkanes of at least 4 members (excludes halogenated alkanes) is 1. The van der Waals surface area contributed by atoms with E-state index in [1.54, 1.807) is 19.4 Å². The highest BCUT2D eigenvalue weighted by molar-refractivity contribution is 5.82. The van der Waals surface area contributed by atoms with Crippen LogP contribution in [0.5, 0.6) is 5.75 Å². The average Bonchev–Trinajstić information content (AvgIpc) is 3.12. The van der Waals surface area contributed by atoms with E-state index in [1.807, 2.05) is 79.7 Å². The summed E-state index contributed by atoms with van der Waals surface area (Å²) in [6.45, 7) is 10.7. The normalized spacial score (nSPS) is 11.5. The molecule has 1 amide bonds. The lowest BCUT2D eigenvalue weighted by Gasteiger charge is -2.18. The van der Waals surface area contributed by atoms with Crippen LogP contribution in [0.4, 0.5) is 0 Å². The quantitative estimate of drug-likeness (QED) is 0.0839. The summed E-state index contributed by atoms with van der Waals surface area (Å²) < 4.78 is 11.1. The summed E-state index contributed by atoms with van der Waals surface area (Å²) in [5.74, 6) is 0.277. The standard InChI is InChI=1S/C29H36N4O5.C11H14O/c1-3-37-16-4-5-17-38-25-12-10-22(11-13-25)24-19-32-28(33-20-24)23-8-6-21(7-9-23)18-26(30-2)29(36)31-15-14-27(34)35;1-11(2,3)10-6-4-9(8-12)5-7-10/h6-13,19-20,26,30H,3-5,14-18H2,1-2H3,(H,31,36)(H,34,35);4-8H,1-3H3. The molecular formula is C40H50N4O6. The highest BCUT2D eigenvalue weighted by atomic mass is 16.5. The lowest BCUT2D eigenvalue weighted by molar-refractivity contribution is -0.137. The number of benzene rings is 3. The fraction of sp³-hybridized carbons (Fsp3) is 0.375. The maximum absolute atomic E-state index is 12.3. The highest BCUT2D eigenvalue weighted by Crippen LogP contribution is 2.24. The highest BCUT2D eigenvalue weighted by Gasteiger charge is 2.17. The van der Waals surface area contributed by atoms with Crippen LogP contribution in [0.15, 0.2) is 85.2 Å². The van der Waals surface area contributed by atoms with Crippen molar-refractivity contribution >= 4 is 18.2 Å². The second kappa shape index (κ2) is 20.6. The van der Waals surface area contributed by atoms with Gasteiger partial charge in [-0.2, -0.15) is 0 Å². The minimum atomic E-state index is -0.944. The van der Waals surface area contributed by atoms with Crippen LogP contribution in [0.3, 0.4) is 0 Å². The molecule has 1 heterocycles. The van der Waals surface area contributed by atoms with Gasteiger partial charge < -0.3 is 25.2 Å². The number of likely N-dealkylation sites (N-methyl/N-ethyl adjacent to an activating group) is 1. The molecule has 0 fully saturated rings. The number of carboxylic acids is 1. The van der Waals surface area contributed by atoms with E-state index in [9.17, 15) is 14.4 Å². The van der Waals surface area contributed by atoms with Gasteiger partial charge in [0.15, 0.2) is 5.82 Å². The number of carboxylic acid groups (broad SMARTS) is 1. The summed E-state index contributed by atoms with van der Waals surface area (Å²) >= 11 is 0. The van der Waals surface area contributed by atoms with E-state index in [2.05, 4.69) is 41.4 Å². The van der Waals surface area contributed by atoms with Crippen LogP contribution in [-0.2, 0) is 26.2 Å². The average molecular weight is 683 g/mol. The van der Waals surface area contributed by atoms with Crippen molar-refractivity contribution in [1.29, 1.82) is 0 Å². The first-order chi connectivity index (χ1) is 24.0. The van der Waals surface area contributed by atoms with Gasteiger partial charge in [0.2, 0.25) is 5.91 Å². The van der Waals surface area contributed by atoms with E-state index >= 15 is 0 Å². The zero-order valence-corrected chi connectivity index (χ0v) is 29.8. The molecule has 4 aromatic rings. The molecule has 1 aromatic heterocycles. The molecule has 0 aliphatic heterocycles. The van der Waals surface area contributed by atoms with E-state index < -0.39 is 12.0 Å². The Kier molecular flexibility index (Phi) is 16.2. The van der Waals surface area contributed by atoms with Crippen LogP contribution in [-0.4, -0.2) is 72.7 Å². The van der Waals surface area contributed by atoms with E-state index in [-0.39, 0.29) is 24.3 Å². The topological polar surface area (TPSA) is 140 Å². The van der Waals surface area contributed by atoms with Crippen molar-refractivity contribution in [2.75, 3.05) is 33.4 Å². The van der Waals surface area contributed by atoms with Gasteiger partial charge in [-0.3, -0.25) is 14.4 Å². The largest absolute Gasteiger partial charge is 0.494 e. The summed E-state index contributed by atoms with van der Waals surface area (Å²) in [7, 11) is 1.71. The molecule has 3 aromatic carbocycles. The van der Waals surface area contributed by atoms with Gasteiger partial charge in [0, 0.05) is 48.8 Å². The number of aldehydes is 1. The smallest absolute Gasteiger partial charge is 0.305 e. The Balaban J connectivity index is 0.000000474. The molecule has 0 aliphatic rings. The van der Waals surface area contributed by atoms with Gasteiger partial charge in [0.1, 0.15) is 12.0 Å². The first-order valence-corrected chi connectivity index (χ1v) is 17.0. The molecule has 1 atom stereocenters. The molecule has 10 nitrogen and oxygen atoms in total. The molecule has 0 saturated carbocycles. The number of nitrogens with one attached hydrogen (secondary N) is 2. The second-order valence-electron chi connectivity index (χ2n) is 12.7. The third-order valence-electron chi connectivity index (χ3n) is 7.86. The summed E-state index contributed by atoms with van der Waals surface area (Å²) in [5, 5.41) is 14.4. The third-order valence-corrected chi connectivity index (χ3v) is 7.86. The van der Waals surface area contributed by atoms with Gasteiger partial charge in [-0.1, -0.05) is 81.4 Å². The van der Waals surface area contributed by atoms with Crippen LogP contribution in [0, 0.1) is 0 Å². The van der Waals surface area contributed by atoms with Gasteiger partial charge in [-0.15, -0.1) is 0 Å². The summed E-state index contributed by atoms with van der Waals surface area (Å²) in [6.07, 6.45) is 6.79. The lowest BCUT2D eigenvalue weighted by Crippen LogP contribution is -2.44. The molecule has 0 bridgehead atoms. The number of ether oxygens (including phenoxy) is 2. The number of amides is 1. The van der Waals surface area contributed by atoms with Crippen LogP contribution in [0.2, 0.25) is 0 Å². The molecule has 3 N–H and O–H groups in total. The van der Waals surface area contributed by atoms with Crippen molar-refractivity contribution in [1.82, 2.24) is 20.6 Å². The Labute approximate surface area is 295 Å². The Hall–Kier alpha value is -4.93. The molecule has 0 radical (unpaired) electrons. The number of carbonyl (C=O) groups excluding carboxylic acids is 2. The molecule has 4 rings (SSSR count). The van der Waals surface area contributed by atoms with Gasteiger partial charge in [0.05, 0.1) is 19.1 Å². The van der Waals surface area contributed by atoms with Gasteiger partial charge >= 0.3 is 5.97 Å². The molecule has 0 spiro atoms. The Morgan fingerprint density at radius 2 is 1.48 bits per heavy atom. The molecule has 10 heteroatoms. The Bertz CT molecular complexity index is 1600. The predicted molar refractivity (Wildman–Crippen MR) is 196 cm³/mol. The fourth-order valence-electron chi connectivity index (χ4n) is 4.84. The Morgan fingerprint density at radius 1 is 0.860 bits per heavy atom. The van der Waals surface area contributed by atoms with Crippen LogP contribution in [0.1, 0.15) is 68.4 Å². The summed E-state index contributed by atoms with van der Waals surface area (Å²) in [6, 6.07) is 22.9. The maximum atomic E-state index is 12.3. The van der Waals surface area contributed by atoms with Crippen LogP contribution < -0.4 is 15.4 Å². The molecule has 0 aliphatic carbocycles. The van der Waals surface area contributed by atoms with Crippen molar-refractivity contribution in [3.63, 3.8) is 0 Å². The molecule has 266 valence electrons. The number of hydrogen-bond acceptors (Lipinski definition) is 8. The van der Waals surface area contributed by atoms with Gasteiger partial charge in [-0.05, 0) is 67.5 Å². The zero-order chi connectivity index (χ0) is 36.4. The van der Waals surface area contributed by atoms with E-state index in [4.69, 9.17) is 14.6 Å². The van der Waals surface area contributed by atoms with Crippen molar-refractivity contribution in [2.24, 2.45) is 0 Å². The van der Waals surface area contributed by atoms with Crippen LogP contribution >= 0.6 is 0 Å². The number of hydrogen-bond donors (Lipinski definition) is 3. The first-order valence-electron chi connectivity index (χ1n) is 17.0. The molecule has 0 saturated heterocycles. The van der Waals surface area contributed by atoms with Crippen molar-refractivity contribution < 1.29 is 29.0 Å². The summed E-state index contributed by atoms with van der Waals surface area (Å²) in [4.78, 5) is 42.4. The zero-order valence-electron chi connectivity index (χ0n) is 29.8. The minimum absolute atomic E-state index is 0.103. The number of nitrogens with zero attached hydrogens (tertiary/aromatic N) is 2. The number of aromatic nitrogens is 2. The summed E-state index contributed by atoms with van der Waals surface area (Å²) in [5.41, 5.74) is 5.93. The van der Waals surface area contributed by atoms with Gasteiger partial charge in [-0.25, -0.2) is 9.97 Å². The van der Waals surface area contributed by atoms with Crippen molar-refractivity contribution in [2.45, 2.75) is 64.8 Å². The van der Waals surface area contributed by atoms with E-state index in [0.29, 0.717) is 18.9 Å². The minimum Gasteiger partial charge on any atom is -0.494 e. The van der Waals surface area contributed by atoms with Gasteiger partial charge in [0.25, 0.3) is 0 Å². The molecule has 50 heavy (non-hydrogen) atoms. The predicted octanol–water partition coefficient (Wildman–Crippen LogP) is 6.52. The van der Waals surface area contributed by atoms with Crippen molar-refractivity contribution in [3.8, 4) is 28.3 Å². The first kappa shape index (κ1) is 39.5. The van der Waals surface area contributed by atoms with Crippen LogP contribution in [0.25, 0.3) is 22.5 Å². The fourth-order valence-corrected chi connectivity index (χ4v) is 4.84. The second-order valence-corrected chi connectivity index (χ2v) is 12.7. The third kappa shape index (κ3) is 13.5. The Morgan fingerprint density at radius 3 is 2.04 bits per heavy atom. The number of rotatable bonds is 17. The SMILES string of the molecule is CC(C)(C)c1ccc(C=O)cc1.CCOCCCCOc1ccc(-c2cnc(-c3ccc(CC(NC)C(=O)NCCC(=O)O)cc3)nc2)cc1. The van der Waals surface area contributed by atoms with E-state index in [1.165, 1.54) is 5.56 Å². The monoisotopic (exact) mass is 682 g/mol. The lowest BCUT2D eigenvalue weighted by atomic mass is 9.87. The number of aliphatic carboxylic acids is 1. The van der Waals surface area contributed by atoms with E-state index in [0.717, 1.165) is 65.9 Å².